The van der Waals surface area contributed by atoms with Crippen molar-refractivity contribution in [3.63, 3.8) is 0 Å². The van der Waals surface area contributed by atoms with Crippen molar-refractivity contribution in [1.82, 2.24) is 14.8 Å². The van der Waals surface area contributed by atoms with Gasteiger partial charge in [0.2, 0.25) is 0 Å². The van der Waals surface area contributed by atoms with E-state index in [1.165, 1.54) is 36.0 Å². The Morgan fingerprint density at radius 3 is 2.30 bits per heavy atom. The molecule has 0 fully saturated rings. The molecule has 0 N–H and O–H groups in total. The second-order valence-corrected chi connectivity index (χ2v) is 8.45. The zero-order valence-corrected chi connectivity index (χ0v) is 19.5. The topological polar surface area (TPSA) is 49.2 Å². The summed E-state index contributed by atoms with van der Waals surface area (Å²) in [6, 6.07) is 16.1. The van der Waals surface area contributed by atoms with Crippen LogP contribution in [0, 0.1) is 11.6 Å². The van der Waals surface area contributed by atoms with Crippen molar-refractivity contribution >= 4 is 23.4 Å². The first kappa shape index (κ1) is 23.1. The first-order chi connectivity index (χ1) is 16.0. The fraction of sp³-hybridized carbons (Fsp3) is 0.167. The molecule has 3 aromatic carbocycles. The molecule has 4 rings (SSSR count). The molecular weight excluding hydrogens is 468 g/mol. The molecule has 1 heterocycles. The Kier molecular flexibility index (Phi) is 7.15. The quantitative estimate of drug-likeness (QED) is 0.281. The van der Waals surface area contributed by atoms with Crippen LogP contribution in [0.4, 0.5) is 8.78 Å². The maximum atomic E-state index is 13.6. The lowest BCUT2D eigenvalue weighted by atomic mass is 10.1. The summed E-state index contributed by atoms with van der Waals surface area (Å²) in [5.41, 5.74) is 2.45. The Hall–Kier alpha value is -3.10. The van der Waals surface area contributed by atoms with Gasteiger partial charge in [0.25, 0.3) is 0 Å². The Labute approximate surface area is 199 Å². The number of methoxy groups -OCH3 is 2. The van der Waals surface area contributed by atoms with Crippen molar-refractivity contribution in [2.24, 2.45) is 0 Å². The predicted molar refractivity (Wildman–Crippen MR) is 125 cm³/mol. The number of aromatic nitrogens is 3. The van der Waals surface area contributed by atoms with Gasteiger partial charge >= 0.3 is 0 Å². The van der Waals surface area contributed by atoms with Gasteiger partial charge < -0.3 is 9.47 Å². The molecule has 33 heavy (non-hydrogen) atoms. The molecule has 0 aliphatic carbocycles. The number of benzene rings is 3. The number of ether oxygens (including phenoxy) is 2. The van der Waals surface area contributed by atoms with E-state index in [0.29, 0.717) is 39.7 Å². The van der Waals surface area contributed by atoms with E-state index in [1.54, 1.807) is 32.4 Å². The Balaban J connectivity index is 1.67. The van der Waals surface area contributed by atoms with Crippen molar-refractivity contribution in [1.29, 1.82) is 0 Å². The maximum absolute atomic E-state index is 13.6. The van der Waals surface area contributed by atoms with Gasteiger partial charge in [0.15, 0.2) is 16.7 Å². The van der Waals surface area contributed by atoms with Crippen molar-refractivity contribution in [3.05, 3.63) is 94.3 Å². The van der Waals surface area contributed by atoms with E-state index in [9.17, 15) is 8.78 Å². The summed E-state index contributed by atoms with van der Waals surface area (Å²) in [6.07, 6.45) is 0.461. The molecule has 0 spiro atoms. The summed E-state index contributed by atoms with van der Waals surface area (Å²) in [4.78, 5) is 0. The Morgan fingerprint density at radius 1 is 0.879 bits per heavy atom. The molecule has 170 valence electrons. The molecule has 0 amide bonds. The highest BCUT2D eigenvalue weighted by Crippen LogP contribution is 2.31. The molecule has 0 aliphatic rings. The number of thioether (sulfide) groups is 1. The van der Waals surface area contributed by atoms with Crippen LogP contribution >= 0.6 is 23.4 Å². The minimum Gasteiger partial charge on any atom is -0.493 e. The van der Waals surface area contributed by atoms with Crippen molar-refractivity contribution in [2.75, 3.05) is 14.2 Å². The Morgan fingerprint density at radius 2 is 1.61 bits per heavy atom. The fourth-order valence-corrected chi connectivity index (χ4v) is 4.60. The van der Waals surface area contributed by atoms with Gasteiger partial charge in [-0.1, -0.05) is 35.5 Å². The van der Waals surface area contributed by atoms with Crippen molar-refractivity contribution < 1.29 is 18.3 Å². The number of rotatable bonds is 8. The van der Waals surface area contributed by atoms with Crippen LogP contribution in [0.5, 0.6) is 11.5 Å². The molecule has 0 bridgehead atoms. The van der Waals surface area contributed by atoms with Crippen LogP contribution in [-0.2, 0) is 12.2 Å². The third kappa shape index (κ3) is 5.29. The zero-order valence-electron chi connectivity index (χ0n) is 17.9. The molecule has 0 radical (unpaired) electrons. The maximum Gasteiger partial charge on any atom is 0.196 e. The van der Waals surface area contributed by atoms with Crippen LogP contribution in [0.25, 0.3) is 5.69 Å². The smallest absolute Gasteiger partial charge is 0.196 e. The first-order valence-electron chi connectivity index (χ1n) is 9.96. The summed E-state index contributed by atoms with van der Waals surface area (Å²) < 4.78 is 39.5. The van der Waals surface area contributed by atoms with Crippen LogP contribution in [0.3, 0.4) is 0 Å². The van der Waals surface area contributed by atoms with Gasteiger partial charge in [0.1, 0.15) is 17.5 Å². The van der Waals surface area contributed by atoms with Gasteiger partial charge in [-0.2, -0.15) is 0 Å². The van der Waals surface area contributed by atoms with Gasteiger partial charge in [-0.3, -0.25) is 4.57 Å². The van der Waals surface area contributed by atoms with Crippen molar-refractivity contribution in [2.45, 2.75) is 17.3 Å². The molecular formula is C24H20ClF2N3O2S. The molecule has 5 nitrogen and oxygen atoms in total. The monoisotopic (exact) mass is 487 g/mol. The highest BCUT2D eigenvalue weighted by atomic mass is 35.5. The molecule has 0 saturated carbocycles. The normalized spacial score (nSPS) is 10.9. The van der Waals surface area contributed by atoms with Crippen LogP contribution < -0.4 is 9.47 Å². The average Bonchev–Trinajstić information content (AvgIpc) is 3.21. The molecule has 0 unspecified atom stereocenters. The largest absolute Gasteiger partial charge is 0.493 e. The molecule has 0 atom stereocenters. The minimum atomic E-state index is -0.388. The van der Waals surface area contributed by atoms with Crippen LogP contribution in [0.15, 0.2) is 65.8 Å². The first-order valence-corrected chi connectivity index (χ1v) is 11.3. The highest BCUT2D eigenvalue weighted by Gasteiger charge is 2.17. The second kappa shape index (κ2) is 10.2. The predicted octanol–water partition coefficient (Wildman–Crippen LogP) is 6.10. The van der Waals surface area contributed by atoms with E-state index in [4.69, 9.17) is 21.1 Å². The van der Waals surface area contributed by atoms with Gasteiger partial charge in [0, 0.05) is 22.9 Å². The number of hydrogen-bond donors (Lipinski definition) is 0. The van der Waals surface area contributed by atoms with Gasteiger partial charge in [-0.15, -0.1) is 10.2 Å². The summed E-state index contributed by atoms with van der Waals surface area (Å²) in [5, 5.41) is 9.71. The molecule has 0 saturated heterocycles. The lowest BCUT2D eigenvalue weighted by Crippen LogP contribution is -2.04. The van der Waals surface area contributed by atoms with Crippen LogP contribution in [0.2, 0.25) is 5.02 Å². The fourth-order valence-electron chi connectivity index (χ4n) is 3.31. The van der Waals surface area contributed by atoms with E-state index in [0.717, 1.165) is 16.8 Å². The third-order valence-corrected chi connectivity index (χ3v) is 6.30. The number of hydrogen-bond acceptors (Lipinski definition) is 5. The lowest BCUT2D eigenvalue weighted by molar-refractivity contribution is 0.354. The minimum absolute atomic E-state index is 0.333. The molecule has 0 aliphatic heterocycles. The van der Waals surface area contributed by atoms with Crippen molar-refractivity contribution in [3.8, 4) is 17.2 Å². The van der Waals surface area contributed by atoms with Gasteiger partial charge in [-0.25, -0.2) is 8.78 Å². The highest BCUT2D eigenvalue weighted by molar-refractivity contribution is 7.98. The second-order valence-electron chi connectivity index (χ2n) is 7.10. The SMILES string of the molecule is COc1ccc(Cc2nnc(SCc3ccc(F)cc3Cl)n2-c2ccc(F)cc2)cc1OC. The lowest BCUT2D eigenvalue weighted by Gasteiger charge is -2.12. The summed E-state index contributed by atoms with van der Waals surface area (Å²) >= 11 is 7.58. The van der Waals surface area contributed by atoms with Crippen LogP contribution in [0.1, 0.15) is 17.0 Å². The van der Waals surface area contributed by atoms with Crippen LogP contribution in [-0.4, -0.2) is 29.0 Å². The number of halogens is 3. The van der Waals surface area contributed by atoms with E-state index in [1.807, 2.05) is 22.8 Å². The summed E-state index contributed by atoms with van der Waals surface area (Å²) in [7, 11) is 3.16. The molecule has 9 heteroatoms. The number of nitrogens with zero attached hydrogens (tertiary/aromatic N) is 3. The average molecular weight is 488 g/mol. The standard InChI is InChI=1S/C24H20ClF2N3O2S/c1-31-21-10-3-15(11-22(21)32-2)12-23-28-29-24(30(23)19-8-6-17(26)7-9-19)33-14-16-4-5-18(27)13-20(16)25/h3-11,13H,12,14H2,1-2H3. The summed E-state index contributed by atoms with van der Waals surface area (Å²) in [6.45, 7) is 0. The molecule has 1 aromatic heterocycles. The molecule has 4 aromatic rings. The van der Waals surface area contributed by atoms with E-state index in [2.05, 4.69) is 10.2 Å². The van der Waals surface area contributed by atoms with E-state index >= 15 is 0 Å². The van der Waals surface area contributed by atoms with E-state index in [-0.39, 0.29) is 11.6 Å². The van der Waals surface area contributed by atoms with E-state index < -0.39 is 0 Å². The Bertz CT molecular complexity index is 1270. The third-order valence-electron chi connectivity index (χ3n) is 4.97. The zero-order chi connectivity index (χ0) is 23.4. The summed E-state index contributed by atoms with van der Waals surface area (Å²) in [5.74, 6) is 1.66. The van der Waals surface area contributed by atoms with Gasteiger partial charge in [0.05, 0.1) is 14.2 Å². The van der Waals surface area contributed by atoms with Gasteiger partial charge in [-0.05, 0) is 59.7 Å².